The molecule has 0 aliphatic carbocycles. The van der Waals surface area contributed by atoms with Crippen LogP contribution in [0.4, 0.5) is 11.4 Å². The van der Waals surface area contributed by atoms with Crippen molar-refractivity contribution in [3.8, 4) is 11.1 Å². The zero-order valence-corrected chi connectivity index (χ0v) is 8.33. The number of hydrogen-bond acceptors (Lipinski definition) is 4. The van der Waals surface area contributed by atoms with Gasteiger partial charge in [0.2, 0.25) is 0 Å². The van der Waals surface area contributed by atoms with Crippen LogP contribution >= 0.6 is 0 Å². The highest BCUT2D eigenvalue weighted by Crippen LogP contribution is 2.29. The standard InChI is InChI=1S/C11H9N3O2/c12-9-3-1-2-8(6-9)10-4-5-13-7-11(10)14(15)16/h1-7H,12H2. The van der Waals surface area contributed by atoms with E-state index in [1.807, 2.05) is 0 Å². The van der Waals surface area contributed by atoms with E-state index in [2.05, 4.69) is 4.98 Å². The highest BCUT2D eigenvalue weighted by molar-refractivity contribution is 5.74. The van der Waals surface area contributed by atoms with Gasteiger partial charge in [0.15, 0.2) is 0 Å². The minimum absolute atomic E-state index is 0.0203. The molecule has 2 rings (SSSR count). The summed E-state index contributed by atoms with van der Waals surface area (Å²) >= 11 is 0. The van der Waals surface area contributed by atoms with Crippen LogP contribution in [0.15, 0.2) is 42.7 Å². The summed E-state index contributed by atoms with van der Waals surface area (Å²) in [4.78, 5) is 14.1. The van der Waals surface area contributed by atoms with E-state index in [4.69, 9.17) is 5.73 Å². The molecule has 5 heteroatoms. The molecular formula is C11H9N3O2. The Hall–Kier alpha value is -2.43. The summed E-state index contributed by atoms with van der Waals surface area (Å²) in [5.74, 6) is 0. The first-order valence-electron chi connectivity index (χ1n) is 4.63. The Morgan fingerprint density at radius 1 is 1.31 bits per heavy atom. The lowest BCUT2D eigenvalue weighted by Crippen LogP contribution is -1.93. The fourth-order valence-electron chi connectivity index (χ4n) is 1.48. The Bertz CT molecular complexity index is 540. The van der Waals surface area contributed by atoms with E-state index < -0.39 is 4.92 Å². The first kappa shape index (κ1) is 10.1. The Morgan fingerprint density at radius 3 is 2.81 bits per heavy atom. The van der Waals surface area contributed by atoms with Gasteiger partial charge in [-0.15, -0.1) is 0 Å². The molecule has 1 heterocycles. The average Bonchev–Trinajstić information content (AvgIpc) is 2.29. The average molecular weight is 215 g/mol. The monoisotopic (exact) mass is 215 g/mol. The summed E-state index contributed by atoms with van der Waals surface area (Å²) in [6.07, 6.45) is 2.75. The van der Waals surface area contributed by atoms with Gasteiger partial charge >= 0.3 is 0 Å². The van der Waals surface area contributed by atoms with Gasteiger partial charge in [-0.2, -0.15) is 0 Å². The molecule has 5 nitrogen and oxygen atoms in total. The van der Waals surface area contributed by atoms with E-state index in [1.54, 1.807) is 30.3 Å². The molecule has 0 spiro atoms. The molecule has 1 aromatic heterocycles. The van der Waals surface area contributed by atoms with Crippen LogP contribution in [0.25, 0.3) is 11.1 Å². The van der Waals surface area contributed by atoms with Gasteiger partial charge in [0.25, 0.3) is 5.69 Å². The number of hydrogen-bond donors (Lipinski definition) is 1. The van der Waals surface area contributed by atoms with Gasteiger partial charge in [-0.05, 0) is 23.8 Å². The summed E-state index contributed by atoms with van der Waals surface area (Å²) in [5, 5.41) is 10.8. The Kier molecular flexibility index (Phi) is 2.51. The van der Waals surface area contributed by atoms with Gasteiger partial charge in [0.05, 0.1) is 10.5 Å². The summed E-state index contributed by atoms with van der Waals surface area (Å²) < 4.78 is 0. The molecule has 0 aliphatic rings. The second-order valence-electron chi connectivity index (χ2n) is 3.28. The molecule has 0 fully saturated rings. The minimum Gasteiger partial charge on any atom is -0.399 e. The van der Waals surface area contributed by atoms with Gasteiger partial charge in [-0.25, -0.2) is 0 Å². The Labute approximate surface area is 91.7 Å². The molecule has 0 radical (unpaired) electrons. The second-order valence-corrected chi connectivity index (χ2v) is 3.28. The lowest BCUT2D eigenvalue weighted by atomic mass is 10.1. The van der Waals surface area contributed by atoms with E-state index in [1.165, 1.54) is 12.4 Å². The highest BCUT2D eigenvalue weighted by atomic mass is 16.6. The van der Waals surface area contributed by atoms with Crippen molar-refractivity contribution >= 4 is 11.4 Å². The van der Waals surface area contributed by atoms with Crippen LogP contribution in [0.3, 0.4) is 0 Å². The first-order chi connectivity index (χ1) is 7.68. The number of nitro groups is 1. The summed E-state index contributed by atoms with van der Waals surface area (Å²) in [6.45, 7) is 0. The van der Waals surface area contributed by atoms with Crippen LogP contribution in [0.2, 0.25) is 0 Å². The largest absolute Gasteiger partial charge is 0.399 e. The molecule has 2 N–H and O–H groups in total. The molecule has 1 aromatic carbocycles. The Morgan fingerprint density at radius 2 is 2.12 bits per heavy atom. The number of anilines is 1. The van der Waals surface area contributed by atoms with Crippen LogP contribution in [0.1, 0.15) is 0 Å². The third-order valence-electron chi connectivity index (χ3n) is 2.19. The van der Waals surface area contributed by atoms with Gasteiger partial charge in [-0.1, -0.05) is 12.1 Å². The van der Waals surface area contributed by atoms with Crippen molar-refractivity contribution in [2.75, 3.05) is 5.73 Å². The number of nitrogen functional groups attached to an aromatic ring is 1. The van der Waals surface area contributed by atoms with Crippen LogP contribution in [0, 0.1) is 10.1 Å². The lowest BCUT2D eigenvalue weighted by molar-refractivity contribution is -0.384. The molecule has 0 aliphatic heterocycles. The van der Waals surface area contributed by atoms with Crippen molar-refractivity contribution in [1.82, 2.24) is 4.98 Å². The molecule has 0 saturated carbocycles. The maximum Gasteiger partial charge on any atom is 0.295 e. The normalized spacial score (nSPS) is 10.0. The predicted octanol–water partition coefficient (Wildman–Crippen LogP) is 2.24. The van der Waals surface area contributed by atoms with Crippen molar-refractivity contribution in [2.45, 2.75) is 0 Å². The summed E-state index contributed by atoms with van der Waals surface area (Å²) in [5.41, 5.74) is 7.43. The number of benzene rings is 1. The zero-order chi connectivity index (χ0) is 11.5. The summed E-state index contributed by atoms with van der Waals surface area (Å²) in [7, 11) is 0. The topological polar surface area (TPSA) is 82.0 Å². The third kappa shape index (κ3) is 1.83. The number of nitrogens with zero attached hydrogens (tertiary/aromatic N) is 2. The smallest absolute Gasteiger partial charge is 0.295 e. The summed E-state index contributed by atoms with van der Waals surface area (Å²) in [6, 6.07) is 8.57. The molecule has 0 unspecified atom stereocenters. The second kappa shape index (κ2) is 3.98. The molecule has 0 amide bonds. The van der Waals surface area contributed by atoms with Crippen molar-refractivity contribution in [3.05, 3.63) is 52.8 Å². The molecule has 0 bridgehead atoms. The Balaban J connectivity index is 2.60. The highest BCUT2D eigenvalue weighted by Gasteiger charge is 2.14. The molecule has 80 valence electrons. The number of aromatic nitrogens is 1. The van der Waals surface area contributed by atoms with Crippen molar-refractivity contribution in [3.63, 3.8) is 0 Å². The molecule has 2 aromatic rings. The first-order valence-corrected chi connectivity index (χ1v) is 4.63. The van der Waals surface area contributed by atoms with Crippen LogP contribution in [-0.2, 0) is 0 Å². The number of nitrogens with two attached hydrogens (primary N) is 1. The van der Waals surface area contributed by atoms with Gasteiger partial charge in [0, 0.05) is 11.9 Å². The van der Waals surface area contributed by atoms with Crippen LogP contribution < -0.4 is 5.73 Å². The molecule has 16 heavy (non-hydrogen) atoms. The molecule has 0 atom stereocenters. The maximum atomic E-state index is 10.8. The van der Waals surface area contributed by atoms with Crippen molar-refractivity contribution < 1.29 is 4.92 Å². The fourth-order valence-corrected chi connectivity index (χ4v) is 1.48. The van der Waals surface area contributed by atoms with E-state index in [0.29, 0.717) is 16.8 Å². The van der Waals surface area contributed by atoms with Crippen LogP contribution in [-0.4, -0.2) is 9.91 Å². The van der Waals surface area contributed by atoms with Crippen LogP contribution in [0.5, 0.6) is 0 Å². The minimum atomic E-state index is -0.453. The molecule has 0 saturated heterocycles. The van der Waals surface area contributed by atoms with E-state index in [0.717, 1.165) is 0 Å². The van der Waals surface area contributed by atoms with Crippen molar-refractivity contribution in [1.29, 1.82) is 0 Å². The SMILES string of the molecule is Nc1cccc(-c2ccncc2[N+](=O)[O-])c1. The van der Waals surface area contributed by atoms with E-state index in [-0.39, 0.29) is 5.69 Å². The van der Waals surface area contributed by atoms with Gasteiger partial charge < -0.3 is 5.73 Å². The zero-order valence-electron chi connectivity index (χ0n) is 8.33. The van der Waals surface area contributed by atoms with Crippen molar-refractivity contribution in [2.24, 2.45) is 0 Å². The van der Waals surface area contributed by atoms with E-state index in [9.17, 15) is 10.1 Å². The van der Waals surface area contributed by atoms with Gasteiger partial charge in [0.1, 0.15) is 6.20 Å². The number of rotatable bonds is 2. The molecular weight excluding hydrogens is 206 g/mol. The quantitative estimate of drug-likeness (QED) is 0.473. The third-order valence-corrected chi connectivity index (χ3v) is 2.19. The maximum absolute atomic E-state index is 10.8. The lowest BCUT2D eigenvalue weighted by Gasteiger charge is -2.03. The van der Waals surface area contributed by atoms with Gasteiger partial charge in [-0.3, -0.25) is 15.1 Å². The fraction of sp³-hybridized carbons (Fsp3) is 0. The number of pyridine rings is 1. The van der Waals surface area contributed by atoms with E-state index >= 15 is 0 Å². The predicted molar refractivity (Wildman–Crippen MR) is 60.7 cm³/mol.